The Morgan fingerprint density at radius 1 is 1.24 bits per heavy atom. The summed E-state index contributed by atoms with van der Waals surface area (Å²) >= 11 is 3.60. The van der Waals surface area contributed by atoms with Crippen LogP contribution in [0, 0.1) is 13.8 Å². The lowest BCUT2D eigenvalue weighted by Gasteiger charge is -2.11. The van der Waals surface area contributed by atoms with E-state index < -0.39 is 0 Å². The van der Waals surface area contributed by atoms with Crippen molar-refractivity contribution < 1.29 is 0 Å². The fraction of sp³-hybridized carbons (Fsp3) is 0.286. The van der Waals surface area contributed by atoms with Crippen LogP contribution in [0.1, 0.15) is 17.0 Å². The summed E-state index contributed by atoms with van der Waals surface area (Å²) in [6, 6.07) is 10.5. The van der Waals surface area contributed by atoms with E-state index in [1.807, 2.05) is 6.07 Å². The number of para-hydroxylation sites is 1. The zero-order chi connectivity index (χ0) is 12.4. The maximum absolute atomic E-state index is 5.64. The topological polar surface area (TPSA) is 30.9 Å². The van der Waals surface area contributed by atoms with Crippen molar-refractivity contribution in [3.8, 4) is 5.69 Å². The SMILES string of the molecule is Cc1cc(CCN)c(C)n1-c1ccccc1Br. The van der Waals surface area contributed by atoms with Gasteiger partial charge in [0.25, 0.3) is 0 Å². The number of hydrogen-bond acceptors (Lipinski definition) is 1. The maximum Gasteiger partial charge on any atom is 0.0597 e. The second kappa shape index (κ2) is 5.07. The molecule has 2 aromatic rings. The second-order valence-electron chi connectivity index (χ2n) is 4.22. The highest BCUT2D eigenvalue weighted by Gasteiger charge is 2.11. The smallest absolute Gasteiger partial charge is 0.0597 e. The highest BCUT2D eigenvalue weighted by Crippen LogP contribution is 2.26. The molecule has 2 rings (SSSR count). The predicted molar refractivity (Wildman–Crippen MR) is 75.7 cm³/mol. The number of nitrogens with two attached hydrogens (primary N) is 1. The van der Waals surface area contributed by atoms with Gasteiger partial charge in [-0.2, -0.15) is 0 Å². The summed E-state index contributed by atoms with van der Waals surface area (Å²) in [6.07, 6.45) is 0.935. The molecule has 2 N–H and O–H groups in total. The first-order chi connectivity index (χ1) is 8.15. The van der Waals surface area contributed by atoms with Gasteiger partial charge in [-0.15, -0.1) is 0 Å². The average molecular weight is 293 g/mol. The van der Waals surface area contributed by atoms with Crippen molar-refractivity contribution in [3.05, 3.63) is 51.8 Å². The third-order valence-electron chi connectivity index (χ3n) is 3.04. The highest BCUT2D eigenvalue weighted by atomic mass is 79.9. The lowest BCUT2D eigenvalue weighted by molar-refractivity contribution is 0.918. The van der Waals surface area contributed by atoms with Crippen molar-refractivity contribution in [2.75, 3.05) is 6.54 Å². The zero-order valence-corrected chi connectivity index (χ0v) is 11.8. The number of benzene rings is 1. The average Bonchev–Trinajstić information content (AvgIpc) is 2.57. The summed E-state index contributed by atoms with van der Waals surface area (Å²) in [4.78, 5) is 0. The van der Waals surface area contributed by atoms with Gasteiger partial charge < -0.3 is 10.3 Å². The lowest BCUT2D eigenvalue weighted by Crippen LogP contribution is -2.05. The van der Waals surface area contributed by atoms with Gasteiger partial charge in [-0.3, -0.25) is 0 Å². The van der Waals surface area contributed by atoms with E-state index in [1.165, 1.54) is 22.6 Å². The van der Waals surface area contributed by atoms with Gasteiger partial charge in [0.1, 0.15) is 0 Å². The predicted octanol–water partition coefficient (Wildman–Crippen LogP) is 3.36. The van der Waals surface area contributed by atoms with Gasteiger partial charge >= 0.3 is 0 Å². The van der Waals surface area contributed by atoms with Gasteiger partial charge in [0.2, 0.25) is 0 Å². The standard InChI is InChI=1S/C14H17BrN2/c1-10-9-12(7-8-16)11(2)17(10)14-6-4-3-5-13(14)15/h3-6,9H,7-8,16H2,1-2H3. The Hall–Kier alpha value is -1.06. The number of nitrogens with zero attached hydrogens (tertiary/aromatic N) is 1. The first-order valence-electron chi connectivity index (χ1n) is 5.78. The molecule has 3 heteroatoms. The molecule has 0 aliphatic rings. The minimum Gasteiger partial charge on any atom is -0.330 e. The zero-order valence-electron chi connectivity index (χ0n) is 10.2. The molecule has 0 spiro atoms. The fourth-order valence-corrected chi connectivity index (χ4v) is 2.70. The van der Waals surface area contributed by atoms with Gasteiger partial charge in [0.05, 0.1) is 5.69 Å². The van der Waals surface area contributed by atoms with E-state index in [-0.39, 0.29) is 0 Å². The molecule has 0 fully saturated rings. The van der Waals surface area contributed by atoms with Crippen LogP contribution in [0.15, 0.2) is 34.8 Å². The quantitative estimate of drug-likeness (QED) is 0.924. The molecular formula is C14H17BrN2. The molecule has 0 aliphatic carbocycles. The number of rotatable bonds is 3. The van der Waals surface area contributed by atoms with Gasteiger partial charge in [-0.25, -0.2) is 0 Å². The van der Waals surface area contributed by atoms with Crippen LogP contribution >= 0.6 is 15.9 Å². The Morgan fingerprint density at radius 3 is 2.59 bits per heavy atom. The van der Waals surface area contributed by atoms with Crippen molar-refractivity contribution in [2.45, 2.75) is 20.3 Å². The van der Waals surface area contributed by atoms with Gasteiger partial charge in [0.15, 0.2) is 0 Å². The molecule has 0 aliphatic heterocycles. The number of halogens is 1. The molecule has 0 unspecified atom stereocenters. The van der Waals surface area contributed by atoms with Crippen LogP contribution in [-0.4, -0.2) is 11.1 Å². The summed E-state index contributed by atoms with van der Waals surface area (Å²) in [5.74, 6) is 0. The van der Waals surface area contributed by atoms with Crippen LogP contribution in [0.4, 0.5) is 0 Å². The maximum atomic E-state index is 5.64. The third-order valence-corrected chi connectivity index (χ3v) is 3.71. The van der Waals surface area contributed by atoms with Crippen molar-refractivity contribution >= 4 is 15.9 Å². The Kier molecular flexibility index (Phi) is 3.69. The molecular weight excluding hydrogens is 276 g/mol. The van der Waals surface area contributed by atoms with E-state index in [9.17, 15) is 0 Å². The number of hydrogen-bond donors (Lipinski definition) is 1. The molecule has 0 amide bonds. The normalized spacial score (nSPS) is 10.8. The summed E-state index contributed by atoms with van der Waals surface area (Å²) in [6.45, 7) is 4.98. The number of aryl methyl sites for hydroxylation is 1. The molecule has 0 bridgehead atoms. The Labute approximate surface area is 111 Å². The molecule has 1 aromatic heterocycles. The van der Waals surface area contributed by atoms with E-state index >= 15 is 0 Å². The van der Waals surface area contributed by atoms with Gasteiger partial charge in [-0.1, -0.05) is 12.1 Å². The lowest BCUT2D eigenvalue weighted by atomic mass is 10.2. The van der Waals surface area contributed by atoms with Crippen molar-refractivity contribution in [1.82, 2.24) is 4.57 Å². The molecule has 1 aromatic carbocycles. The molecule has 17 heavy (non-hydrogen) atoms. The van der Waals surface area contributed by atoms with Crippen LogP contribution in [0.3, 0.4) is 0 Å². The Morgan fingerprint density at radius 2 is 1.94 bits per heavy atom. The van der Waals surface area contributed by atoms with Crippen molar-refractivity contribution in [2.24, 2.45) is 5.73 Å². The van der Waals surface area contributed by atoms with Crippen LogP contribution in [0.5, 0.6) is 0 Å². The summed E-state index contributed by atoms with van der Waals surface area (Å²) < 4.78 is 3.39. The minimum atomic E-state index is 0.695. The molecule has 0 atom stereocenters. The molecule has 0 saturated heterocycles. The Balaban J connectivity index is 2.56. The molecule has 1 heterocycles. The van der Waals surface area contributed by atoms with Crippen LogP contribution in [0.25, 0.3) is 5.69 Å². The first kappa shape index (κ1) is 12.4. The molecule has 0 saturated carbocycles. The molecule has 0 radical (unpaired) electrons. The third kappa shape index (κ3) is 2.31. The fourth-order valence-electron chi connectivity index (χ4n) is 2.24. The minimum absolute atomic E-state index is 0.695. The van der Waals surface area contributed by atoms with Gasteiger partial charge in [-0.05, 0) is 66.5 Å². The van der Waals surface area contributed by atoms with Crippen LogP contribution < -0.4 is 5.73 Å². The first-order valence-corrected chi connectivity index (χ1v) is 6.57. The monoisotopic (exact) mass is 292 g/mol. The van der Waals surface area contributed by atoms with Gasteiger partial charge in [0, 0.05) is 15.9 Å². The highest BCUT2D eigenvalue weighted by molar-refractivity contribution is 9.10. The Bertz CT molecular complexity index is 529. The van der Waals surface area contributed by atoms with E-state index in [0.29, 0.717) is 6.54 Å². The largest absolute Gasteiger partial charge is 0.330 e. The molecule has 90 valence electrons. The van der Waals surface area contributed by atoms with E-state index in [1.54, 1.807) is 0 Å². The van der Waals surface area contributed by atoms with E-state index in [2.05, 4.69) is 58.6 Å². The molecule has 2 nitrogen and oxygen atoms in total. The summed E-state index contributed by atoms with van der Waals surface area (Å²) in [7, 11) is 0. The van der Waals surface area contributed by atoms with Crippen LogP contribution in [0.2, 0.25) is 0 Å². The van der Waals surface area contributed by atoms with Crippen molar-refractivity contribution in [3.63, 3.8) is 0 Å². The van der Waals surface area contributed by atoms with E-state index in [0.717, 1.165) is 10.9 Å². The summed E-state index contributed by atoms with van der Waals surface area (Å²) in [5, 5.41) is 0. The van der Waals surface area contributed by atoms with E-state index in [4.69, 9.17) is 5.73 Å². The second-order valence-corrected chi connectivity index (χ2v) is 5.08. The van der Waals surface area contributed by atoms with Crippen LogP contribution in [-0.2, 0) is 6.42 Å². The number of aromatic nitrogens is 1. The summed E-state index contributed by atoms with van der Waals surface area (Å²) in [5.41, 5.74) is 10.7. The van der Waals surface area contributed by atoms with Crippen molar-refractivity contribution in [1.29, 1.82) is 0 Å².